The highest BCUT2D eigenvalue weighted by Crippen LogP contribution is 2.12. The molecule has 398 valence electrons. The van der Waals surface area contributed by atoms with Gasteiger partial charge in [-0.05, 0) is 135 Å². The Morgan fingerprint density at radius 3 is 0.958 bits per heavy atom. The lowest BCUT2D eigenvalue weighted by Gasteiger charge is -2.18. The summed E-state index contributed by atoms with van der Waals surface area (Å²) in [4.78, 5) is 38.1. The lowest BCUT2D eigenvalue weighted by Crippen LogP contribution is -2.30. The van der Waals surface area contributed by atoms with Crippen molar-refractivity contribution in [2.45, 2.75) is 232 Å². The fraction of sp³-hybridized carbons (Fsp3) is 0.585. The highest BCUT2D eigenvalue weighted by molar-refractivity contribution is 5.71. The summed E-state index contributed by atoms with van der Waals surface area (Å²) < 4.78 is 16.7. The van der Waals surface area contributed by atoms with E-state index in [1.54, 1.807) is 0 Å². The Morgan fingerprint density at radius 2 is 0.577 bits per heavy atom. The van der Waals surface area contributed by atoms with E-state index in [9.17, 15) is 14.4 Å². The van der Waals surface area contributed by atoms with Crippen molar-refractivity contribution < 1.29 is 28.6 Å². The average molecular weight is 980 g/mol. The molecule has 0 spiro atoms. The molecule has 0 aliphatic rings. The molecule has 0 aromatic heterocycles. The highest BCUT2D eigenvalue weighted by atomic mass is 16.6. The van der Waals surface area contributed by atoms with Gasteiger partial charge in [0.1, 0.15) is 13.2 Å². The molecule has 0 saturated heterocycles. The molecule has 0 aromatic carbocycles. The van der Waals surface area contributed by atoms with Gasteiger partial charge in [0.25, 0.3) is 0 Å². The number of rotatable bonds is 49. The van der Waals surface area contributed by atoms with Gasteiger partial charge < -0.3 is 14.2 Å². The zero-order chi connectivity index (χ0) is 51.4. The Labute approximate surface area is 436 Å². The first-order valence-corrected chi connectivity index (χ1v) is 28.3. The maximum absolute atomic E-state index is 12.8. The molecular weight excluding hydrogens is 877 g/mol. The van der Waals surface area contributed by atoms with Crippen molar-refractivity contribution in [3.63, 3.8) is 0 Å². The number of esters is 3. The summed E-state index contributed by atoms with van der Waals surface area (Å²) in [5.74, 6) is -1.07. The lowest BCUT2D eigenvalue weighted by molar-refractivity contribution is -0.166. The molecule has 0 fully saturated rings. The lowest BCUT2D eigenvalue weighted by atomic mass is 10.1. The smallest absolute Gasteiger partial charge is 0.306 e. The predicted molar refractivity (Wildman–Crippen MR) is 306 cm³/mol. The molecule has 0 bridgehead atoms. The molecule has 6 heteroatoms. The first-order chi connectivity index (χ1) is 35.0. The van der Waals surface area contributed by atoms with E-state index in [4.69, 9.17) is 14.2 Å². The second kappa shape index (κ2) is 57.9. The third kappa shape index (κ3) is 56.1. The van der Waals surface area contributed by atoms with Gasteiger partial charge in [-0.3, -0.25) is 14.4 Å². The number of carbonyl (C=O) groups excluding carboxylic acids is 3. The van der Waals surface area contributed by atoms with Gasteiger partial charge in [-0.15, -0.1) is 0 Å². The van der Waals surface area contributed by atoms with Crippen molar-refractivity contribution in [1.29, 1.82) is 0 Å². The van der Waals surface area contributed by atoms with Crippen molar-refractivity contribution >= 4 is 17.9 Å². The Morgan fingerprint density at radius 1 is 0.296 bits per heavy atom. The monoisotopic (exact) mass is 979 g/mol. The second-order valence-electron chi connectivity index (χ2n) is 18.1. The minimum absolute atomic E-state index is 0.130. The van der Waals surface area contributed by atoms with E-state index < -0.39 is 6.10 Å². The quantitative estimate of drug-likeness (QED) is 0.0262. The van der Waals surface area contributed by atoms with Crippen LogP contribution in [-0.4, -0.2) is 37.2 Å². The standard InChI is InChI=1S/C65H102O6/c1-4-7-10-13-16-19-22-25-28-30-32-34-37-39-42-45-48-51-54-57-63(66)69-60-62(71-65(68)59-56-53-50-47-44-41-36-27-24-21-18-15-12-9-6-3)61-70-64(67)58-55-52-49-46-43-40-38-35-33-31-29-26-23-20-17-14-11-8-5-2/h7,10,16-21,25-29,32-36,39-40,42-43,49,52,62H,4-6,8-9,11-15,22-24,30-31,37-38,41,44-48,50-51,53-61H2,1-3H3/b10-7-,19-16-,20-17-,21-18-,28-25-,29-26-,34-32-,35-33-,36-27-,42-39-,43-40-,52-49-/t62-/m1/s1. The molecule has 0 aliphatic heterocycles. The Balaban J connectivity index is 4.60. The minimum atomic E-state index is -0.836. The number of ether oxygens (including phenoxy) is 3. The maximum atomic E-state index is 12.8. The third-order valence-corrected chi connectivity index (χ3v) is 11.3. The molecule has 0 aromatic rings. The van der Waals surface area contributed by atoms with Crippen LogP contribution in [0.3, 0.4) is 0 Å². The van der Waals surface area contributed by atoms with E-state index >= 15 is 0 Å². The van der Waals surface area contributed by atoms with Crippen LogP contribution in [0.1, 0.15) is 226 Å². The van der Waals surface area contributed by atoms with Crippen LogP contribution in [0.4, 0.5) is 0 Å². The summed E-state index contributed by atoms with van der Waals surface area (Å²) in [6, 6.07) is 0. The zero-order valence-corrected chi connectivity index (χ0v) is 45.4. The predicted octanol–water partition coefficient (Wildman–Crippen LogP) is 19.2. The Bertz CT molecular complexity index is 1590. The van der Waals surface area contributed by atoms with E-state index in [0.717, 1.165) is 128 Å². The molecule has 0 aliphatic carbocycles. The first-order valence-electron chi connectivity index (χ1n) is 28.3. The summed E-state index contributed by atoms with van der Waals surface area (Å²) in [5, 5.41) is 0. The molecule has 71 heavy (non-hydrogen) atoms. The van der Waals surface area contributed by atoms with E-state index in [1.807, 2.05) is 12.2 Å². The number of unbranched alkanes of at least 4 members (excludes halogenated alkanes) is 14. The number of carbonyl (C=O) groups is 3. The summed E-state index contributed by atoms with van der Waals surface area (Å²) in [7, 11) is 0. The fourth-order valence-electron chi connectivity index (χ4n) is 7.07. The van der Waals surface area contributed by atoms with E-state index in [-0.39, 0.29) is 44.0 Å². The summed E-state index contributed by atoms with van der Waals surface area (Å²) in [6.45, 7) is 6.35. The van der Waals surface area contributed by atoms with E-state index in [1.165, 1.54) is 51.4 Å². The van der Waals surface area contributed by atoms with E-state index in [2.05, 4.69) is 154 Å². The molecule has 0 amide bonds. The summed E-state index contributed by atoms with van der Waals surface area (Å²) in [6.07, 6.45) is 82.7. The molecular formula is C65H102O6. The van der Waals surface area contributed by atoms with Crippen molar-refractivity contribution in [2.24, 2.45) is 0 Å². The SMILES string of the molecule is CC/C=C\C/C=C\C/C=C\C/C=C\C/C=C\CCCCCC(=O)OC[C@H](COC(=O)CC/C=C\C/C=C\C/C=C\C/C=C\C/C=C\CCCCC)OC(=O)CCCCCCC/C=C\C/C=C\CCCCC. The van der Waals surface area contributed by atoms with Crippen molar-refractivity contribution in [3.8, 4) is 0 Å². The van der Waals surface area contributed by atoms with Gasteiger partial charge in [0, 0.05) is 19.3 Å². The van der Waals surface area contributed by atoms with Gasteiger partial charge in [0.05, 0.1) is 0 Å². The van der Waals surface area contributed by atoms with Crippen LogP contribution in [0.25, 0.3) is 0 Å². The van der Waals surface area contributed by atoms with Gasteiger partial charge >= 0.3 is 17.9 Å². The largest absolute Gasteiger partial charge is 0.462 e. The number of allylic oxidation sites excluding steroid dienone is 24. The zero-order valence-electron chi connectivity index (χ0n) is 45.4. The Hall–Kier alpha value is -4.71. The molecule has 1 atom stereocenters. The van der Waals surface area contributed by atoms with Crippen molar-refractivity contribution in [3.05, 3.63) is 146 Å². The van der Waals surface area contributed by atoms with Gasteiger partial charge in [0.15, 0.2) is 6.10 Å². The molecule has 0 rings (SSSR count). The fourth-order valence-corrected chi connectivity index (χ4v) is 7.07. The molecule has 0 radical (unpaired) electrons. The highest BCUT2D eigenvalue weighted by Gasteiger charge is 2.19. The van der Waals surface area contributed by atoms with Crippen LogP contribution in [0.5, 0.6) is 0 Å². The molecule has 0 unspecified atom stereocenters. The maximum Gasteiger partial charge on any atom is 0.306 e. The minimum Gasteiger partial charge on any atom is -0.462 e. The normalized spacial score (nSPS) is 13.2. The molecule has 0 saturated carbocycles. The topological polar surface area (TPSA) is 78.9 Å². The summed E-state index contributed by atoms with van der Waals surface area (Å²) >= 11 is 0. The molecule has 0 N–H and O–H groups in total. The van der Waals surface area contributed by atoms with Crippen LogP contribution in [0.2, 0.25) is 0 Å². The van der Waals surface area contributed by atoms with E-state index in [0.29, 0.717) is 12.8 Å². The van der Waals surface area contributed by atoms with Crippen LogP contribution in [0, 0.1) is 0 Å². The summed E-state index contributed by atoms with van der Waals surface area (Å²) in [5.41, 5.74) is 0. The van der Waals surface area contributed by atoms with Gasteiger partial charge in [-0.25, -0.2) is 0 Å². The number of hydrogen-bond acceptors (Lipinski definition) is 6. The van der Waals surface area contributed by atoms with Crippen molar-refractivity contribution in [2.75, 3.05) is 13.2 Å². The van der Waals surface area contributed by atoms with Crippen LogP contribution in [-0.2, 0) is 28.6 Å². The Kier molecular flexibility index (Phi) is 54.0. The van der Waals surface area contributed by atoms with Crippen LogP contribution >= 0.6 is 0 Å². The average Bonchev–Trinajstić information content (AvgIpc) is 3.37. The second-order valence-corrected chi connectivity index (χ2v) is 18.1. The molecule has 0 heterocycles. The van der Waals surface area contributed by atoms with Gasteiger partial charge in [0.2, 0.25) is 0 Å². The first kappa shape index (κ1) is 66.3. The third-order valence-electron chi connectivity index (χ3n) is 11.3. The van der Waals surface area contributed by atoms with Crippen molar-refractivity contribution in [1.82, 2.24) is 0 Å². The van der Waals surface area contributed by atoms with Crippen LogP contribution in [0.15, 0.2) is 146 Å². The number of hydrogen-bond donors (Lipinski definition) is 0. The van der Waals surface area contributed by atoms with Gasteiger partial charge in [-0.2, -0.15) is 0 Å². The van der Waals surface area contributed by atoms with Gasteiger partial charge in [-0.1, -0.05) is 218 Å². The molecule has 6 nitrogen and oxygen atoms in total. The van der Waals surface area contributed by atoms with Crippen LogP contribution < -0.4 is 0 Å².